The molecule has 32 nitrogen and oxygen atoms in total. The van der Waals surface area contributed by atoms with Gasteiger partial charge in [0.1, 0.15) is 39.5 Å². The highest BCUT2D eigenvalue weighted by Gasteiger charge is 2.39. The molecule has 2 aliphatic heterocycles. The lowest BCUT2D eigenvalue weighted by Gasteiger charge is -2.23. The Balaban J connectivity index is 0. The number of nitrogens with zero attached hydrogens (tertiary/aromatic N) is 2. The second-order valence-electron chi connectivity index (χ2n) is 18.1. The van der Waals surface area contributed by atoms with Crippen LogP contribution in [0.5, 0.6) is 0 Å². The van der Waals surface area contributed by atoms with Crippen LogP contribution in [0.3, 0.4) is 0 Å². The maximum atomic E-state index is 12.7. The van der Waals surface area contributed by atoms with E-state index in [9.17, 15) is 46.8 Å². The number of aromatic carboxylic acids is 1. The number of hydrogen-bond donors (Lipinski definition) is 7. The third kappa shape index (κ3) is 46.6. The van der Waals surface area contributed by atoms with E-state index in [0.717, 1.165) is 43.8 Å². The van der Waals surface area contributed by atoms with Gasteiger partial charge in [0.25, 0.3) is 16.0 Å². The molecule has 1 amide bonds. The average molecular weight is 1490 g/mol. The quantitative estimate of drug-likeness (QED) is 0.0199. The number of aromatic nitrogens is 1. The molecule has 3 aromatic carbocycles. The topological polar surface area (TPSA) is 436 Å². The molecule has 560 valence electrons. The molecular weight excluding hydrogens is 1380 g/mol. The summed E-state index contributed by atoms with van der Waals surface area (Å²) >= 11 is 6.33. The lowest BCUT2D eigenvalue weighted by molar-refractivity contribution is -0.153. The molecule has 35 heteroatoms. The van der Waals surface area contributed by atoms with E-state index in [0.29, 0.717) is 40.9 Å². The van der Waals surface area contributed by atoms with Crippen molar-refractivity contribution < 1.29 is 161 Å². The number of carboxylic acid groups (broad SMARTS) is 3. The third-order valence-electron chi connectivity index (χ3n) is 11.0. The number of esters is 4. The van der Waals surface area contributed by atoms with Crippen LogP contribution in [0.25, 0.3) is 11.3 Å². The van der Waals surface area contributed by atoms with Crippen molar-refractivity contribution in [1.29, 1.82) is 0 Å². The summed E-state index contributed by atoms with van der Waals surface area (Å²) < 4.78 is 223. The van der Waals surface area contributed by atoms with Crippen LogP contribution in [-0.4, -0.2) is 258 Å². The minimum atomic E-state index is -4.11. The molecule has 0 unspecified atom stereocenters. The predicted octanol–water partition coefficient (Wildman–Crippen LogP) is 4.27. The summed E-state index contributed by atoms with van der Waals surface area (Å²) in [5, 5.41) is 50.7. The number of aliphatic hydroxyl groups excluding tert-OH is 2. The zero-order valence-electron chi connectivity index (χ0n) is 74.9. The zero-order valence-corrected chi connectivity index (χ0v) is 57.3. The molecule has 1 atom stereocenters. The lowest BCUT2D eigenvalue weighted by atomic mass is 10.0. The van der Waals surface area contributed by atoms with Crippen molar-refractivity contribution >= 4 is 81.8 Å². The molecule has 1 aromatic heterocycles. The summed E-state index contributed by atoms with van der Waals surface area (Å²) in [6.07, 6.45) is 2.25. The molecule has 0 bridgehead atoms. The van der Waals surface area contributed by atoms with Crippen LogP contribution >= 0.6 is 24.0 Å². The first-order chi connectivity index (χ1) is 54.0. The Labute approximate surface area is 615 Å². The summed E-state index contributed by atoms with van der Waals surface area (Å²) in [5.41, 5.74) is 3.75. The van der Waals surface area contributed by atoms with E-state index >= 15 is 0 Å². The second kappa shape index (κ2) is 58.5. The SMILES string of the molecule is COC(=O)COCC(=O)OC.C[C@@H](C1CC1)N1Cc2cc(-c3cc(C(=O)O)no3)cc(Cl)c2C1=O.Cl.O=C(O)COCC(=O)O.[2H]C([2H])(C)OC([2H])([2H])CNCc1ccccc1.[2H]C([2H])(CC)OC([2H])([2H])COS(=O)(=O)c1ccc(C)cc1.[2H]C([2H])(CO)OC([2H])([2H])CO.[2H]C([2H])(OC([2H])([2H])C(=O)OC)C(=O)OC.[2H]C1([2H])CNCC([2H])([2H])O1. The summed E-state index contributed by atoms with van der Waals surface area (Å²) in [4.78, 5) is 87.0. The largest absolute Gasteiger partial charge is 0.480 e. The first-order valence-corrected chi connectivity index (χ1v) is 30.1. The Kier molecular flexibility index (Phi) is 37.0. The van der Waals surface area contributed by atoms with Crippen molar-refractivity contribution in [3.05, 3.63) is 106 Å². The van der Waals surface area contributed by atoms with Gasteiger partial charge in [-0.15, -0.1) is 12.4 Å². The Morgan fingerprint density at radius 1 is 0.737 bits per heavy atom. The fourth-order valence-electron chi connectivity index (χ4n) is 6.39. The molecule has 1 saturated heterocycles. The number of nitrogens with one attached hydrogen (secondary N) is 2. The van der Waals surface area contributed by atoms with E-state index < -0.39 is 151 Å². The van der Waals surface area contributed by atoms with Crippen molar-refractivity contribution in [2.75, 3.05) is 160 Å². The van der Waals surface area contributed by atoms with Gasteiger partial charge in [-0.2, -0.15) is 8.42 Å². The number of benzene rings is 3. The number of morpholine rings is 1. The molecule has 1 aliphatic carbocycles. The lowest BCUT2D eigenvalue weighted by Crippen LogP contribution is -2.34. The van der Waals surface area contributed by atoms with Gasteiger partial charge in [-0.3, -0.25) is 8.98 Å². The van der Waals surface area contributed by atoms with Gasteiger partial charge in [-0.05, 0) is 81.3 Å². The Morgan fingerprint density at radius 3 is 1.75 bits per heavy atom. The van der Waals surface area contributed by atoms with Crippen LogP contribution in [0.2, 0.25) is 5.02 Å². The maximum Gasteiger partial charge on any atom is 0.358 e. The molecule has 0 radical (unpaired) electrons. The number of carboxylic acids is 3. The zero-order chi connectivity index (χ0) is 91.5. The number of aliphatic hydroxyl groups is 2. The van der Waals surface area contributed by atoms with Crippen molar-refractivity contribution in [2.24, 2.45) is 5.92 Å². The van der Waals surface area contributed by atoms with Gasteiger partial charge in [-0.1, -0.05) is 71.7 Å². The molecule has 3 heterocycles. The summed E-state index contributed by atoms with van der Waals surface area (Å²) in [6.45, 7) is -20.3. The van der Waals surface area contributed by atoms with Crippen LogP contribution in [0.15, 0.2) is 82.2 Å². The molecule has 0 spiro atoms. The highest BCUT2D eigenvalue weighted by molar-refractivity contribution is 7.86. The highest BCUT2D eigenvalue weighted by atomic mass is 35.5. The van der Waals surface area contributed by atoms with Gasteiger partial charge < -0.3 is 97.7 Å². The number of aliphatic carboxylic acids is 2. The van der Waals surface area contributed by atoms with Gasteiger partial charge in [0.2, 0.25) is 0 Å². The van der Waals surface area contributed by atoms with Crippen molar-refractivity contribution in [1.82, 2.24) is 20.7 Å². The standard InChI is InChI=1S/C17H15ClN2O4.C12H18O4S.C11H17NO.2C6H10O5.C4H9NO.C4H6O5.C4H10O3.ClH/c1-8(9-2-3-9)20-7-11-4-10(5-12(18)15(11)16(20)21)14-6-13(17(22)23)19-24-14;1-3-8-15-9-10-16-17(13,14)12-6-4-11(2)5-7-12;1-2-13-9-8-12-10-11-6-4-3-5-7-11;2*1-9-5(7)3-11-4-6(8)10-2;1-3-6-4-2-5-1;5-3(6)1-9-2-4(7)8;5-1-3-7-4-2-6;/h4-6,8-9H,2-3,7H2,1H3,(H,22,23);4-7H,3,8-10H2,1-2H3;3-7,12H,2,8-10H2,1H3;2*3-4H2,1-2H3;5H,1-4H2;1-2H2,(H,5,6)(H,7,8);5-6H,1-4H2;1H/t8-;;;;;;;;/m0......../s1/i;8D2,9D2;2D2,9D2;3D2,4D2;;3D2,4D2;;3D2,4D2;. The Bertz CT molecular complexity index is 3870. The number of carbonyl (C=O) groups is 8. The maximum absolute atomic E-state index is 12.7. The number of methoxy groups -OCH3 is 4. The fraction of sp³-hybridized carbons (Fsp3) is 0.547. The van der Waals surface area contributed by atoms with Crippen molar-refractivity contribution in [2.45, 2.75) is 71.0 Å². The van der Waals surface area contributed by atoms with Crippen molar-refractivity contribution in [3.63, 3.8) is 0 Å². The van der Waals surface area contributed by atoms with Gasteiger partial charge in [0.15, 0.2) is 11.5 Å². The number of halogens is 2. The molecule has 99 heavy (non-hydrogen) atoms. The van der Waals surface area contributed by atoms with Crippen LogP contribution in [0, 0.1) is 12.8 Å². The van der Waals surface area contributed by atoms with E-state index in [-0.39, 0.29) is 74.2 Å². The van der Waals surface area contributed by atoms with E-state index in [1.807, 2.05) is 41.3 Å². The number of amides is 1. The molecular formula is C64H96Cl2N4O28S. The number of ether oxygens (including phenoxy) is 11. The minimum absolute atomic E-state index is 0. The molecule has 7 rings (SSSR count). The van der Waals surface area contributed by atoms with Gasteiger partial charge in [-0.25, -0.2) is 33.6 Å². The number of hydrogen-bond acceptors (Lipinski definition) is 28. The van der Waals surface area contributed by atoms with Crippen molar-refractivity contribution in [3.8, 4) is 11.3 Å². The number of aryl methyl sites for hydroxylation is 1. The van der Waals surface area contributed by atoms with Crippen LogP contribution in [0.4, 0.5) is 0 Å². The molecule has 3 aliphatic rings. The van der Waals surface area contributed by atoms with E-state index in [2.05, 4.69) is 79.0 Å². The summed E-state index contributed by atoms with van der Waals surface area (Å²) in [5.74, 6) is -6.57. The minimum Gasteiger partial charge on any atom is -0.480 e. The van der Waals surface area contributed by atoms with E-state index in [1.54, 1.807) is 25.1 Å². The van der Waals surface area contributed by atoms with Crippen LogP contribution in [0.1, 0.15) is 105 Å². The Morgan fingerprint density at radius 2 is 1.28 bits per heavy atom. The second-order valence-corrected chi connectivity index (χ2v) is 20.1. The fourth-order valence-corrected chi connectivity index (χ4v) is 7.52. The number of fused-ring (bicyclic) bond motifs is 1. The smallest absolute Gasteiger partial charge is 0.358 e. The van der Waals surface area contributed by atoms with E-state index in [4.69, 9.17) is 69.1 Å². The highest BCUT2D eigenvalue weighted by Crippen LogP contribution is 2.41. The molecule has 4 aromatic rings. The third-order valence-corrected chi connectivity index (χ3v) is 12.6. The normalized spacial score (nSPS) is 17.8. The monoisotopic (exact) mass is 1490 g/mol. The van der Waals surface area contributed by atoms with Gasteiger partial charge in [0, 0.05) is 63.5 Å². The van der Waals surface area contributed by atoms with E-state index in [1.165, 1.54) is 46.3 Å². The average Bonchev–Trinajstić information content (AvgIpc) is 1.61. The van der Waals surface area contributed by atoms with Gasteiger partial charge in [0.05, 0.1) is 131 Å². The molecule has 1 saturated carbocycles. The van der Waals surface area contributed by atoms with Crippen LogP contribution in [-0.2, 0) is 108 Å². The first kappa shape index (κ1) is 62.7. The van der Waals surface area contributed by atoms with Gasteiger partial charge >= 0.3 is 41.8 Å². The summed E-state index contributed by atoms with van der Waals surface area (Å²) in [7, 11) is 0.165. The molecule has 2 fully saturated rings. The van der Waals surface area contributed by atoms with Crippen LogP contribution < -0.4 is 10.6 Å². The predicted molar refractivity (Wildman–Crippen MR) is 358 cm³/mol. The molecule has 7 N–H and O–H groups in total. The number of rotatable bonds is 33. The first-order valence-electron chi connectivity index (χ1n) is 38.3. The summed E-state index contributed by atoms with van der Waals surface area (Å²) in [6, 6.07) is 20.5. The number of carbonyl (C=O) groups excluding carboxylic acids is 5. The Hall–Kier alpha value is -7.32.